The molecule has 2 amide bonds. The van der Waals surface area contributed by atoms with Gasteiger partial charge in [-0.15, -0.1) is 0 Å². The highest BCUT2D eigenvalue weighted by molar-refractivity contribution is 5.74. The van der Waals surface area contributed by atoms with E-state index >= 15 is 0 Å². The minimum Gasteiger partial charge on any atom is -0.472 e. The van der Waals surface area contributed by atoms with Gasteiger partial charge >= 0.3 is 12.0 Å². The van der Waals surface area contributed by atoms with E-state index in [1.54, 1.807) is 12.3 Å². The number of methoxy groups -OCH3 is 1. The molecule has 0 aliphatic carbocycles. The summed E-state index contributed by atoms with van der Waals surface area (Å²) in [6.45, 7) is 6.80. The molecule has 0 bridgehead atoms. The van der Waals surface area contributed by atoms with Crippen molar-refractivity contribution in [1.82, 2.24) is 19.8 Å². The predicted octanol–water partition coefficient (Wildman–Crippen LogP) is 1.79. The van der Waals surface area contributed by atoms with Gasteiger partial charge in [-0.3, -0.25) is 0 Å². The Bertz CT molecular complexity index is 493. The highest BCUT2D eigenvalue weighted by Gasteiger charge is 2.27. The zero-order valence-electron chi connectivity index (χ0n) is 13.5. The maximum Gasteiger partial charge on any atom is 0.320 e. The van der Waals surface area contributed by atoms with Crippen molar-refractivity contribution in [3.05, 3.63) is 12.3 Å². The fourth-order valence-corrected chi connectivity index (χ4v) is 2.56. The van der Waals surface area contributed by atoms with Crippen LogP contribution in [0.15, 0.2) is 12.3 Å². The lowest BCUT2D eigenvalue weighted by molar-refractivity contribution is 0.0831. The summed E-state index contributed by atoms with van der Waals surface area (Å²) in [6.07, 6.45) is 3.39. The number of rotatable bonds is 5. The van der Waals surface area contributed by atoms with E-state index in [0.29, 0.717) is 12.4 Å². The van der Waals surface area contributed by atoms with E-state index in [1.807, 2.05) is 23.6 Å². The SMILES string of the molecule is CCN(CC)C(=O)N1CCCC(Oc2ccnc(OC)n2)C1. The molecule has 1 unspecified atom stereocenters. The standard InChI is InChI=1S/C15H24N4O3/c1-4-18(5-2)15(20)19-10-6-7-12(11-19)22-13-8-9-16-14(17-13)21-3/h8-9,12H,4-7,10-11H2,1-3H3. The van der Waals surface area contributed by atoms with Crippen LogP contribution in [0.2, 0.25) is 0 Å². The Morgan fingerprint density at radius 3 is 2.91 bits per heavy atom. The van der Waals surface area contributed by atoms with Gasteiger partial charge in [0.2, 0.25) is 5.88 Å². The number of aromatic nitrogens is 2. The average Bonchev–Trinajstić information content (AvgIpc) is 2.56. The lowest BCUT2D eigenvalue weighted by Crippen LogP contribution is -2.50. The number of carbonyl (C=O) groups is 1. The predicted molar refractivity (Wildman–Crippen MR) is 82.1 cm³/mol. The summed E-state index contributed by atoms with van der Waals surface area (Å²) in [5.74, 6) is 0.481. The van der Waals surface area contributed by atoms with Gasteiger partial charge in [-0.25, -0.2) is 9.78 Å². The van der Waals surface area contributed by atoms with Gasteiger partial charge in [0.05, 0.1) is 13.7 Å². The Kier molecular flexibility index (Phi) is 5.80. The Labute approximate surface area is 131 Å². The van der Waals surface area contributed by atoms with Gasteiger partial charge < -0.3 is 19.3 Å². The van der Waals surface area contributed by atoms with Crippen LogP contribution in [0.4, 0.5) is 4.79 Å². The van der Waals surface area contributed by atoms with Crippen molar-refractivity contribution in [3.8, 4) is 11.9 Å². The van der Waals surface area contributed by atoms with Crippen LogP contribution in [0.3, 0.4) is 0 Å². The molecular weight excluding hydrogens is 284 g/mol. The zero-order chi connectivity index (χ0) is 15.9. The third-order valence-corrected chi connectivity index (χ3v) is 3.76. The van der Waals surface area contributed by atoms with Crippen LogP contribution >= 0.6 is 0 Å². The second-order valence-electron chi connectivity index (χ2n) is 5.16. The number of ether oxygens (including phenoxy) is 2. The molecule has 122 valence electrons. The first-order chi connectivity index (χ1) is 10.7. The van der Waals surface area contributed by atoms with Crippen LogP contribution in [-0.2, 0) is 0 Å². The van der Waals surface area contributed by atoms with Crippen LogP contribution in [0.5, 0.6) is 11.9 Å². The van der Waals surface area contributed by atoms with Crippen molar-refractivity contribution in [2.75, 3.05) is 33.3 Å². The molecule has 2 rings (SSSR count). The monoisotopic (exact) mass is 308 g/mol. The molecule has 0 N–H and O–H groups in total. The molecule has 1 aromatic heterocycles. The number of carbonyl (C=O) groups excluding carboxylic acids is 1. The fraction of sp³-hybridized carbons (Fsp3) is 0.667. The molecule has 1 aliphatic rings. The number of urea groups is 1. The van der Waals surface area contributed by atoms with Crippen molar-refractivity contribution in [2.24, 2.45) is 0 Å². The molecule has 7 nitrogen and oxygen atoms in total. The first kappa shape index (κ1) is 16.3. The van der Waals surface area contributed by atoms with E-state index in [0.717, 1.165) is 32.5 Å². The van der Waals surface area contributed by atoms with E-state index < -0.39 is 0 Å². The average molecular weight is 308 g/mol. The number of piperidine rings is 1. The molecule has 7 heteroatoms. The van der Waals surface area contributed by atoms with E-state index in [-0.39, 0.29) is 18.1 Å². The molecule has 0 radical (unpaired) electrons. The Hall–Kier alpha value is -2.05. The Morgan fingerprint density at radius 1 is 1.45 bits per heavy atom. The van der Waals surface area contributed by atoms with Gasteiger partial charge in [-0.1, -0.05) is 0 Å². The van der Waals surface area contributed by atoms with Gasteiger partial charge in [0.25, 0.3) is 0 Å². The van der Waals surface area contributed by atoms with Gasteiger partial charge in [-0.05, 0) is 26.7 Å². The lowest BCUT2D eigenvalue weighted by atomic mass is 10.1. The van der Waals surface area contributed by atoms with Crippen molar-refractivity contribution < 1.29 is 14.3 Å². The number of amides is 2. The number of hydrogen-bond donors (Lipinski definition) is 0. The molecule has 1 aliphatic heterocycles. The summed E-state index contributed by atoms with van der Waals surface area (Å²) >= 11 is 0. The van der Waals surface area contributed by atoms with Crippen molar-refractivity contribution in [3.63, 3.8) is 0 Å². The molecule has 22 heavy (non-hydrogen) atoms. The first-order valence-corrected chi connectivity index (χ1v) is 7.75. The van der Waals surface area contributed by atoms with Gasteiger partial charge in [0, 0.05) is 31.9 Å². The smallest absolute Gasteiger partial charge is 0.320 e. The third-order valence-electron chi connectivity index (χ3n) is 3.76. The summed E-state index contributed by atoms with van der Waals surface area (Å²) < 4.78 is 10.9. The molecular formula is C15H24N4O3. The molecule has 0 spiro atoms. The number of likely N-dealkylation sites (tertiary alicyclic amines) is 1. The summed E-state index contributed by atoms with van der Waals surface area (Å²) in [4.78, 5) is 24.2. The van der Waals surface area contributed by atoms with Crippen molar-refractivity contribution in [1.29, 1.82) is 0 Å². The normalized spacial score (nSPS) is 18.0. The third kappa shape index (κ3) is 3.99. The minimum absolute atomic E-state index is 0.0483. The van der Waals surface area contributed by atoms with E-state index in [4.69, 9.17) is 9.47 Å². The van der Waals surface area contributed by atoms with E-state index in [2.05, 4.69) is 9.97 Å². The first-order valence-electron chi connectivity index (χ1n) is 7.75. The van der Waals surface area contributed by atoms with Crippen molar-refractivity contribution >= 4 is 6.03 Å². The quantitative estimate of drug-likeness (QED) is 0.829. The largest absolute Gasteiger partial charge is 0.472 e. The van der Waals surface area contributed by atoms with Crippen LogP contribution in [0, 0.1) is 0 Å². The van der Waals surface area contributed by atoms with Crippen LogP contribution in [0.1, 0.15) is 26.7 Å². The Morgan fingerprint density at radius 2 is 2.23 bits per heavy atom. The fourth-order valence-electron chi connectivity index (χ4n) is 2.56. The number of hydrogen-bond acceptors (Lipinski definition) is 5. The summed E-state index contributed by atoms with van der Waals surface area (Å²) in [6, 6.07) is 2.07. The molecule has 2 heterocycles. The van der Waals surface area contributed by atoms with E-state index in [1.165, 1.54) is 7.11 Å². The second-order valence-corrected chi connectivity index (χ2v) is 5.16. The van der Waals surface area contributed by atoms with Gasteiger partial charge in [0.15, 0.2) is 0 Å². The maximum absolute atomic E-state index is 12.4. The highest BCUT2D eigenvalue weighted by atomic mass is 16.5. The van der Waals surface area contributed by atoms with E-state index in [9.17, 15) is 4.79 Å². The molecule has 0 aromatic carbocycles. The lowest BCUT2D eigenvalue weighted by Gasteiger charge is -2.35. The van der Waals surface area contributed by atoms with Crippen LogP contribution in [0.25, 0.3) is 0 Å². The minimum atomic E-state index is -0.0483. The van der Waals surface area contributed by atoms with Crippen molar-refractivity contribution in [2.45, 2.75) is 32.8 Å². The van der Waals surface area contributed by atoms with Crippen LogP contribution < -0.4 is 9.47 Å². The topological polar surface area (TPSA) is 67.8 Å². The second kappa shape index (κ2) is 7.82. The summed E-state index contributed by atoms with van der Waals surface area (Å²) in [7, 11) is 1.52. The maximum atomic E-state index is 12.4. The summed E-state index contributed by atoms with van der Waals surface area (Å²) in [5, 5.41) is 0. The molecule has 0 saturated carbocycles. The Balaban J connectivity index is 1.96. The molecule has 1 saturated heterocycles. The van der Waals surface area contributed by atoms with Gasteiger partial charge in [0.1, 0.15) is 6.10 Å². The van der Waals surface area contributed by atoms with Gasteiger partial charge in [-0.2, -0.15) is 4.98 Å². The highest BCUT2D eigenvalue weighted by Crippen LogP contribution is 2.18. The zero-order valence-corrected chi connectivity index (χ0v) is 13.5. The van der Waals surface area contributed by atoms with Crippen LogP contribution in [-0.4, -0.2) is 65.2 Å². The summed E-state index contributed by atoms with van der Waals surface area (Å²) in [5.41, 5.74) is 0. The molecule has 1 atom stereocenters. The number of nitrogens with zero attached hydrogens (tertiary/aromatic N) is 4. The molecule has 1 aromatic rings. The molecule has 1 fully saturated rings.